The molecule has 5 heteroatoms. The highest BCUT2D eigenvalue weighted by Crippen LogP contribution is 2.51. The zero-order chi connectivity index (χ0) is 16.3. The number of nitrogens with one attached hydrogen (secondary N) is 1. The molecular weight excluding hydrogens is 302 g/mol. The lowest BCUT2D eigenvalue weighted by Gasteiger charge is -2.44. The van der Waals surface area contributed by atoms with Crippen LogP contribution in [0.1, 0.15) is 26.3 Å². The van der Waals surface area contributed by atoms with Gasteiger partial charge in [0, 0.05) is 15.2 Å². The Morgan fingerprint density at radius 2 is 1.86 bits per heavy atom. The second-order valence-electron chi connectivity index (χ2n) is 6.11. The molecular formula is C16H27NO2S2. The SMILES string of the molecule is C=C(OC)c1ccc(OC)cc1SNS(C)(C)C(C)(C)C. The summed E-state index contributed by atoms with van der Waals surface area (Å²) >= 11 is 1.62. The van der Waals surface area contributed by atoms with E-state index in [1.54, 1.807) is 26.2 Å². The standard InChI is InChI=1S/C16H27NO2S2/c1-12(18-5)14-10-9-13(19-6)11-15(14)20-17-21(7,8)16(2,3)4/h9-11,17H,1H2,2-8H3. The Morgan fingerprint density at radius 1 is 1.24 bits per heavy atom. The highest BCUT2D eigenvalue weighted by Gasteiger charge is 2.28. The van der Waals surface area contributed by atoms with Crippen LogP contribution in [0.15, 0.2) is 29.7 Å². The zero-order valence-corrected chi connectivity index (χ0v) is 15.7. The number of benzene rings is 1. The third-order valence-electron chi connectivity index (χ3n) is 3.63. The van der Waals surface area contributed by atoms with Crippen molar-refractivity contribution in [2.75, 3.05) is 26.7 Å². The molecule has 0 heterocycles. The number of hydrogen-bond acceptors (Lipinski definition) is 4. The first-order chi connectivity index (χ1) is 9.62. The molecule has 0 atom stereocenters. The lowest BCUT2D eigenvalue weighted by molar-refractivity contribution is 0.370. The third-order valence-corrected chi connectivity index (χ3v) is 9.25. The monoisotopic (exact) mass is 329 g/mol. The van der Waals surface area contributed by atoms with Crippen LogP contribution in [0.5, 0.6) is 5.75 Å². The number of rotatable bonds is 6. The Morgan fingerprint density at radius 3 is 2.33 bits per heavy atom. The molecule has 0 aromatic heterocycles. The second-order valence-corrected chi connectivity index (χ2v) is 11.3. The highest BCUT2D eigenvalue weighted by atomic mass is 32.3. The summed E-state index contributed by atoms with van der Waals surface area (Å²) in [4.78, 5) is 1.06. The number of hydrogen-bond donors (Lipinski definition) is 1. The van der Waals surface area contributed by atoms with Crippen LogP contribution in [0, 0.1) is 0 Å². The normalized spacial score (nSPS) is 12.9. The predicted molar refractivity (Wildman–Crippen MR) is 97.2 cm³/mol. The van der Waals surface area contributed by atoms with E-state index >= 15 is 0 Å². The molecule has 0 radical (unpaired) electrons. The lowest BCUT2D eigenvalue weighted by Crippen LogP contribution is -2.30. The van der Waals surface area contributed by atoms with Gasteiger partial charge in [0.15, 0.2) is 0 Å². The molecule has 1 N–H and O–H groups in total. The summed E-state index contributed by atoms with van der Waals surface area (Å²) in [5.41, 5.74) is 0.986. The quantitative estimate of drug-likeness (QED) is 0.606. The highest BCUT2D eigenvalue weighted by molar-refractivity contribution is 8.37. The van der Waals surface area contributed by atoms with E-state index in [0.29, 0.717) is 5.76 Å². The minimum absolute atomic E-state index is 0.220. The van der Waals surface area contributed by atoms with Crippen LogP contribution in [-0.4, -0.2) is 31.5 Å². The molecule has 0 saturated carbocycles. The van der Waals surface area contributed by atoms with Crippen molar-refractivity contribution in [1.82, 2.24) is 4.13 Å². The Labute approximate surface area is 135 Å². The molecule has 0 fully saturated rings. The van der Waals surface area contributed by atoms with E-state index < -0.39 is 10.2 Å². The molecule has 0 saturated heterocycles. The molecule has 0 unspecified atom stereocenters. The Balaban J connectivity index is 3.03. The maximum absolute atomic E-state index is 5.32. The maximum Gasteiger partial charge on any atom is 0.120 e. The fraction of sp³-hybridized carbons (Fsp3) is 0.500. The van der Waals surface area contributed by atoms with Gasteiger partial charge in [-0.15, -0.1) is 0 Å². The third kappa shape index (κ3) is 4.59. The van der Waals surface area contributed by atoms with Crippen LogP contribution in [0.4, 0.5) is 0 Å². The maximum atomic E-state index is 5.32. The van der Waals surface area contributed by atoms with Crippen molar-refractivity contribution in [2.24, 2.45) is 0 Å². The fourth-order valence-corrected chi connectivity index (χ4v) is 3.99. The Hall–Kier alpha value is -0.780. The van der Waals surface area contributed by atoms with Crippen LogP contribution in [0.25, 0.3) is 5.76 Å². The van der Waals surface area contributed by atoms with Gasteiger partial charge in [-0.3, -0.25) is 0 Å². The second kappa shape index (κ2) is 6.99. The van der Waals surface area contributed by atoms with Gasteiger partial charge in [0.2, 0.25) is 0 Å². The number of methoxy groups -OCH3 is 2. The van der Waals surface area contributed by atoms with E-state index in [1.807, 2.05) is 18.2 Å². The van der Waals surface area contributed by atoms with Crippen molar-refractivity contribution in [3.63, 3.8) is 0 Å². The summed E-state index contributed by atoms with van der Waals surface area (Å²) in [6.07, 6.45) is 4.57. The van der Waals surface area contributed by atoms with Gasteiger partial charge in [0.25, 0.3) is 0 Å². The van der Waals surface area contributed by atoms with Crippen molar-refractivity contribution in [3.05, 3.63) is 30.3 Å². The van der Waals surface area contributed by atoms with Crippen LogP contribution >= 0.6 is 22.2 Å². The van der Waals surface area contributed by atoms with E-state index in [2.05, 4.69) is 44.0 Å². The molecule has 0 aliphatic carbocycles. The molecule has 0 spiro atoms. The number of ether oxygens (including phenoxy) is 2. The largest absolute Gasteiger partial charge is 0.497 e. The van der Waals surface area contributed by atoms with E-state index in [1.165, 1.54) is 0 Å². The van der Waals surface area contributed by atoms with Gasteiger partial charge in [-0.05, 0) is 42.7 Å². The van der Waals surface area contributed by atoms with Gasteiger partial charge < -0.3 is 9.47 Å². The van der Waals surface area contributed by atoms with Gasteiger partial charge in [-0.25, -0.2) is 4.13 Å². The Kier molecular flexibility index (Phi) is 6.08. The summed E-state index contributed by atoms with van der Waals surface area (Å²) in [5, 5.41) is 0. The first kappa shape index (κ1) is 18.3. The molecule has 1 aromatic carbocycles. The molecule has 120 valence electrons. The summed E-state index contributed by atoms with van der Waals surface area (Å²) in [6.45, 7) is 10.7. The van der Waals surface area contributed by atoms with Crippen LogP contribution < -0.4 is 8.86 Å². The summed E-state index contributed by atoms with van der Waals surface area (Å²) in [7, 11) is 2.35. The first-order valence-corrected chi connectivity index (χ1v) is 9.97. The molecule has 0 bridgehead atoms. The van der Waals surface area contributed by atoms with Crippen LogP contribution in [0.3, 0.4) is 0 Å². The van der Waals surface area contributed by atoms with E-state index in [-0.39, 0.29) is 4.75 Å². The molecule has 0 aliphatic rings. The molecule has 1 rings (SSSR count). The van der Waals surface area contributed by atoms with Crippen molar-refractivity contribution in [3.8, 4) is 5.75 Å². The van der Waals surface area contributed by atoms with Gasteiger partial charge in [-0.1, -0.05) is 27.4 Å². The van der Waals surface area contributed by atoms with Crippen molar-refractivity contribution < 1.29 is 9.47 Å². The van der Waals surface area contributed by atoms with Gasteiger partial charge in [-0.2, -0.15) is 10.2 Å². The molecule has 0 amide bonds. The van der Waals surface area contributed by atoms with Crippen molar-refractivity contribution >= 4 is 27.9 Å². The lowest BCUT2D eigenvalue weighted by atomic mass is 10.2. The molecule has 21 heavy (non-hydrogen) atoms. The molecule has 3 nitrogen and oxygen atoms in total. The first-order valence-electron chi connectivity index (χ1n) is 6.70. The van der Waals surface area contributed by atoms with E-state index in [4.69, 9.17) is 9.47 Å². The smallest absolute Gasteiger partial charge is 0.120 e. The minimum atomic E-state index is -0.963. The summed E-state index contributed by atoms with van der Waals surface area (Å²) in [5.74, 6) is 1.49. The van der Waals surface area contributed by atoms with Gasteiger partial charge >= 0.3 is 0 Å². The summed E-state index contributed by atoms with van der Waals surface area (Å²) < 4.78 is 14.5. The molecule has 1 aromatic rings. The average molecular weight is 330 g/mol. The summed E-state index contributed by atoms with van der Waals surface area (Å²) in [6, 6.07) is 5.91. The zero-order valence-electron chi connectivity index (χ0n) is 14.1. The average Bonchev–Trinajstić information content (AvgIpc) is 2.42. The minimum Gasteiger partial charge on any atom is -0.497 e. The fourth-order valence-electron chi connectivity index (χ4n) is 1.33. The topological polar surface area (TPSA) is 30.5 Å². The predicted octanol–water partition coefficient (Wildman–Crippen LogP) is 4.69. The van der Waals surface area contributed by atoms with E-state index in [9.17, 15) is 0 Å². The van der Waals surface area contributed by atoms with Crippen molar-refractivity contribution in [2.45, 2.75) is 30.4 Å². The van der Waals surface area contributed by atoms with Gasteiger partial charge in [0.1, 0.15) is 11.5 Å². The van der Waals surface area contributed by atoms with Crippen molar-refractivity contribution in [1.29, 1.82) is 0 Å². The van der Waals surface area contributed by atoms with Crippen LogP contribution in [0.2, 0.25) is 0 Å². The molecule has 0 aliphatic heterocycles. The van der Waals surface area contributed by atoms with E-state index in [0.717, 1.165) is 16.2 Å². The Bertz CT molecular complexity index is 507. The van der Waals surface area contributed by atoms with Gasteiger partial charge in [0.05, 0.1) is 14.2 Å². The van der Waals surface area contributed by atoms with Crippen LogP contribution in [-0.2, 0) is 4.74 Å².